The number of aryl methyl sites for hydroxylation is 2. The summed E-state index contributed by atoms with van der Waals surface area (Å²) in [5, 5.41) is 1.26. The van der Waals surface area contributed by atoms with Crippen LogP contribution in [-0.2, 0) is 13.5 Å². The van der Waals surface area contributed by atoms with E-state index in [1.165, 1.54) is 38.7 Å². The van der Waals surface area contributed by atoms with E-state index in [0.29, 0.717) is 0 Å². The second-order valence-electron chi connectivity index (χ2n) is 5.52. The molecule has 0 N–H and O–H groups in total. The van der Waals surface area contributed by atoms with Crippen molar-refractivity contribution in [2.45, 2.75) is 12.8 Å². The number of hydrogen-bond acceptors (Lipinski definition) is 1. The second-order valence-corrected chi connectivity index (χ2v) is 5.52. The molecule has 2 heterocycles. The molecule has 0 unspecified atom stereocenters. The first-order valence-electron chi connectivity index (χ1n) is 6.94. The van der Waals surface area contributed by atoms with Gasteiger partial charge in [0, 0.05) is 30.4 Å². The molecule has 0 atom stereocenters. The van der Waals surface area contributed by atoms with Gasteiger partial charge < -0.3 is 4.57 Å². The van der Waals surface area contributed by atoms with E-state index in [4.69, 9.17) is 0 Å². The number of aromatic nitrogens is 2. The van der Waals surface area contributed by atoms with Gasteiger partial charge in [-0.2, -0.15) is 0 Å². The highest BCUT2D eigenvalue weighted by atomic mass is 14.9. The van der Waals surface area contributed by atoms with Crippen LogP contribution in [0, 0.1) is 0 Å². The van der Waals surface area contributed by atoms with Crippen LogP contribution < -0.4 is 0 Å². The molecule has 2 nitrogen and oxygen atoms in total. The van der Waals surface area contributed by atoms with Crippen LogP contribution in [0.4, 0.5) is 0 Å². The molecular formula is C18H16N2. The zero-order valence-electron chi connectivity index (χ0n) is 11.6. The first-order valence-corrected chi connectivity index (χ1v) is 6.94. The van der Waals surface area contributed by atoms with Crippen LogP contribution in [0.25, 0.3) is 27.6 Å². The summed E-state index contributed by atoms with van der Waals surface area (Å²) in [5.41, 5.74) is 7.79. The molecule has 2 heteroatoms. The highest BCUT2D eigenvalue weighted by Crippen LogP contribution is 2.36. The lowest BCUT2D eigenvalue weighted by molar-refractivity contribution is 0.966. The molecule has 0 bridgehead atoms. The molecule has 0 radical (unpaired) electrons. The summed E-state index contributed by atoms with van der Waals surface area (Å²) in [6.45, 7) is 4.14. The third-order valence-corrected chi connectivity index (χ3v) is 4.29. The lowest BCUT2D eigenvalue weighted by Crippen LogP contribution is -1.84. The largest absolute Gasteiger partial charge is 0.349 e. The smallest absolute Gasteiger partial charge is 0.0670 e. The molecule has 0 amide bonds. The maximum atomic E-state index is 4.22. The average Bonchev–Trinajstić information content (AvgIpc) is 3.01. The normalized spacial score (nSPS) is 13.9. The van der Waals surface area contributed by atoms with E-state index >= 15 is 0 Å². The summed E-state index contributed by atoms with van der Waals surface area (Å²) in [6, 6.07) is 8.85. The Morgan fingerprint density at radius 3 is 2.95 bits per heavy atom. The fourth-order valence-corrected chi connectivity index (χ4v) is 3.19. The summed E-state index contributed by atoms with van der Waals surface area (Å²) < 4.78 is 2.14. The van der Waals surface area contributed by atoms with E-state index in [0.717, 1.165) is 12.8 Å². The fraction of sp³-hybridized carbons (Fsp3) is 0.167. The number of fused-ring (bicyclic) bond motifs is 2. The van der Waals surface area contributed by atoms with Crippen molar-refractivity contribution >= 4 is 16.5 Å². The predicted octanol–water partition coefficient (Wildman–Crippen LogP) is 4.20. The van der Waals surface area contributed by atoms with Crippen molar-refractivity contribution in [3.05, 3.63) is 60.6 Å². The SMILES string of the molecule is C=C1CCc2cc(-c3cn(C)c4cnccc34)ccc21. The summed E-state index contributed by atoms with van der Waals surface area (Å²) in [4.78, 5) is 4.22. The molecule has 0 saturated heterocycles. The maximum absolute atomic E-state index is 4.22. The van der Waals surface area contributed by atoms with Crippen molar-refractivity contribution in [3.8, 4) is 11.1 Å². The van der Waals surface area contributed by atoms with E-state index < -0.39 is 0 Å². The Morgan fingerprint density at radius 1 is 1.15 bits per heavy atom. The van der Waals surface area contributed by atoms with Crippen LogP contribution in [0.1, 0.15) is 17.5 Å². The molecule has 0 aliphatic heterocycles. The third kappa shape index (κ3) is 1.54. The molecule has 2 aromatic heterocycles. The Labute approximate surface area is 118 Å². The molecule has 1 aliphatic rings. The van der Waals surface area contributed by atoms with Gasteiger partial charge in [-0.15, -0.1) is 0 Å². The minimum atomic E-state index is 1.10. The molecule has 1 aliphatic carbocycles. The molecule has 4 rings (SSSR count). The molecule has 0 fully saturated rings. The first kappa shape index (κ1) is 11.5. The minimum absolute atomic E-state index is 1.10. The zero-order valence-corrected chi connectivity index (χ0v) is 11.6. The van der Waals surface area contributed by atoms with Crippen molar-refractivity contribution in [2.24, 2.45) is 7.05 Å². The zero-order chi connectivity index (χ0) is 13.7. The first-order chi connectivity index (χ1) is 9.74. The highest BCUT2D eigenvalue weighted by molar-refractivity contribution is 5.96. The second kappa shape index (κ2) is 4.07. The molecule has 1 aromatic carbocycles. The number of pyridine rings is 1. The van der Waals surface area contributed by atoms with Gasteiger partial charge >= 0.3 is 0 Å². The van der Waals surface area contributed by atoms with Gasteiger partial charge in [-0.3, -0.25) is 4.98 Å². The number of allylic oxidation sites excluding steroid dienone is 1. The lowest BCUT2D eigenvalue weighted by Gasteiger charge is -2.04. The summed E-state index contributed by atoms with van der Waals surface area (Å²) in [7, 11) is 2.07. The Balaban J connectivity index is 1.94. The molecule has 3 aromatic rings. The van der Waals surface area contributed by atoms with E-state index in [1.807, 2.05) is 12.4 Å². The van der Waals surface area contributed by atoms with Gasteiger partial charge in [-0.05, 0) is 41.2 Å². The number of nitrogens with zero attached hydrogens (tertiary/aromatic N) is 2. The van der Waals surface area contributed by atoms with Gasteiger partial charge in [0.15, 0.2) is 0 Å². The number of benzene rings is 1. The Kier molecular flexibility index (Phi) is 2.34. The summed E-state index contributed by atoms with van der Waals surface area (Å²) in [5.74, 6) is 0. The van der Waals surface area contributed by atoms with Crippen molar-refractivity contribution in [2.75, 3.05) is 0 Å². The molecular weight excluding hydrogens is 244 g/mol. The third-order valence-electron chi connectivity index (χ3n) is 4.29. The number of hydrogen-bond donors (Lipinski definition) is 0. The van der Waals surface area contributed by atoms with Crippen molar-refractivity contribution < 1.29 is 0 Å². The van der Waals surface area contributed by atoms with Gasteiger partial charge in [0.05, 0.1) is 11.7 Å². The monoisotopic (exact) mass is 260 g/mol. The van der Waals surface area contributed by atoms with Gasteiger partial charge in [-0.25, -0.2) is 0 Å². The maximum Gasteiger partial charge on any atom is 0.0670 e. The standard InChI is InChI=1S/C18H16N2/c1-12-3-4-13-9-14(5-6-15(12)13)17-11-20(2)18-10-19-8-7-16(17)18/h5-11H,1,3-4H2,2H3. The van der Waals surface area contributed by atoms with Gasteiger partial charge in [0.2, 0.25) is 0 Å². The average molecular weight is 260 g/mol. The van der Waals surface area contributed by atoms with E-state index in [2.05, 4.69) is 53.6 Å². The van der Waals surface area contributed by atoms with Gasteiger partial charge in [0.25, 0.3) is 0 Å². The molecule has 98 valence electrons. The quantitative estimate of drug-likeness (QED) is 0.641. The Hall–Kier alpha value is -2.35. The molecule has 0 spiro atoms. The van der Waals surface area contributed by atoms with Crippen LogP contribution in [0.2, 0.25) is 0 Å². The topological polar surface area (TPSA) is 17.8 Å². The van der Waals surface area contributed by atoms with Gasteiger partial charge in [-0.1, -0.05) is 24.8 Å². The van der Waals surface area contributed by atoms with Crippen LogP contribution in [0.3, 0.4) is 0 Å². The van der Waals surface area contributed by atoms with Crippen LogP contribution in [-0.4, -0.2) is 9.55 Å². The Bertz CT molecular complexity index is 840. The molecule has 20 heavy (non-hydrogen) atoms. The van der Waals surface area contributed by atoms with E-state index in [9.17, 15) is 0 Å². The van der Waals surface area contributed by atoms with E-state index in [-0.39, 0.29) is 0 Å². The van der Waals surface area contributed by atoms with Crippen molar-refractivity contribution in [1.82, 2.24) is 9.55 Å². The lowest BCUT2D eigenvalue weighted by atomic mass is 10.00. The van der Waals surface area contributed by atoms with Crippen LogP contribution in [0.15, 0.2) is 49.4 Å². The van der Waals surface area contributed by atoms with Crippen LogP contribution >= 0.6 is 0 Å². The summed E-state index contributed by atoms with van der Waals surface area (Å²) in [6.07, 6.45) is 8.19. The summed E-state index contributed by atoms with van der Waals surface area (Å²) >= 11 is 0. The van der Waals surface area contributed by atoms with E-state index in [1.54, 1.807) is 0 Å². The minimum Gasteiger partial charge on any atom is -0.349 e. The predicted molar refractivity (Wildman–Crippen MR) is 83.5 cm³/mol. The van der Waals surface area contributed by atoms with Crippen LogP contribution in [0.5, 0.6) is 0 Å². The highest BCUT2D eigenvalue weighted by Gasteiger charge is 2.16. The fourth-order valence-electron chi connectivity index (χ4n) is 3.19. The number of rotatable bonds is 1. The van der Waals surface area contributed by atoms with Crippen molar-refractivity contribution in [1.29, 1.82) is 0 Å². The Morgan fingerprint density at radius 2 is 2.05 bits per heavy atom. The van der Waals surface area contributed by atoms with Gasteiger partial charge in [0.1, 0.15) is 0 Å². The molecule has 0 saturated carbocycles. The van der Waals surface area contributed by atoms with Crippen molar-refractivity contribution in [3.63, 3.8) is 0 Å².